The van der Waals surface area contributed by atoms with Crippen molar-refractivity contribution in [2.24, 2.45) is 5.73 Å². The zero-order valence-corrected chi connectivity index (χ0v) is 10.3. The smallest absolute Gasteiger partial charge is 0.237 e. The van der Waals surface area contributed by atoms with Gasteiger partial charge in [0.2, 0.25) is 5.89 Å². The van der Waals surface area contributed by atoms with Crippen molar-refractivity contribution in [2.75, 3.05) is 6.54 Å². The molecule has 1 saturated carbocycles. The second-order valence-electron chi connectivity index (χ2n) is 4.86. The van der Waals surface area contributed by atoms with Gasteiger partial charge >= 0.3 is 0 Å². The fraction of sp³-hybridized carbons (Fsp3) is 0.429. The Kier molecular flexibility index (Phi) is 2.88. The van der Waals surface area contributed by atoms with Crippen LogP contribution in [0.25, 0.3) is 0 Å². The predicted molar refractivity (Wildman–Crippen MR) is 68.1 cm³/mol. The molecule has 1 aromatic heterocycles. The van der Waals surface area contributed by atoms with E-state index in [0.717, 1.165) is 37.4 Å². The van der Waals surface area contributed by atoms with Crippen LogP contribution in [-0.2, 0) is 11.8 Å². The van der Waals surface area contributed by atoms with E-state index in [0.29, 0.717) is 6.54 Å². The fourth-order valence-electron chi connectivity index (χ4n) is 2.32. The summed E-state index contributed by atoms with van der Waals surface area (Å²) in [6.07, 6.45) is 3.88. The monoisotopic (exact) mass is 243 g/mol. The minimum Gasteiger partial charge on any atom is -0.338 e. The second-order valence-corrected chi connectivity index (χ2v) is 4.86. The Morgan fingerprint density at radius 2 is 2.00 bits per heavy atom. The molecular formula is C14H17N3O. The van der Waals surface area contributed by atoms with Crippen LogP contribution in [0.3, 0.4) is 0 Å². The summed E-state index contributed by atoms with van der Waals surface area (Å²) in [6, 6.07) is 10.4. The maximum Gasteiger partial charge on any atom is 0.237 e. The van der Waals surface area contributed by atoms with Gasteiger partial charge in [-0.1, -0.05) is 35.5 Å². The summed E-state index contributed by atoms with van der Waals surface area (Å²) in [5, 5.41) is 4.04. The van der Waals surface area contributed by atoms with E-state index in [2.05, 4.69) is 34.4 Å². The molecule has 0 saturated heterocycles. The van der Waals surface area contributed by atoms with Crippen molar-refractivity contribution in [3.05, 3.63) is 47.6 Å². The number of nitrogens with zero attached hydrogens (tertiary/aromatic N) is 2. The predicted octanol–water partition coefficient (Wildman–Crippen LogP) is 2.04. The maximum absolute atomic E-state index is 5.49. The van der Waals surface area contributed by atoms with Crippen LogP contribution in [0.4, 0.5) is 0 Å². The van der Waals surface area contributed by atoms with E-state index in [1.165, 1.54) is 5.56 Å². The molecule has 4 heteroatoms. The van der Waals surface area contributed by atoms with Crippen LogP contribution in [0.2, 0.25) is 0 Å². The van der Waals surface area contributed by atoms with E-state index in [-0.39, 0.29) is 5.41 Å². The molecule has 94 valence electrons. The van der Waals surface area contributed by atoms with Crippen LogP contribution >= 0.6 is 0 Å². The summed E-state index contributed by atoms with van der Waals surface area (Å²) in [7, 11) is 0. The maximum atomic E-state index is 5.49. The molecule has 0 unspecified atom stereocenters. The summed E-state index contributed by atoms with van der Waals surface area (Å²) in [5.41, 5.74) is 6.74. The third-order valence-corrected chi connectivity index (χ3v) is 3.56. The number of aromatic nitrogens is 2. The van der Waals surface area contributed by atoms with Gasteiger partial charge in [-0.3, -0.25) is 0 Å². The van der Waals surface area contributed by atoms with Gasteiger partial charge in [0.1, 0.15) is 0 Å². The highest BCUT2D eigenvalue weighted by molar-refractivity contribution is 5.37. The van der Waals surface area contributed by atoms with Crippen LogP contribution in [0, 0.1) is 0 Å². The van der Waals surface area contributed by atoms with Gasteiger partial charge in [-0.2, -0.15) is 4.98 Å². The van der Waals surface area contributed by atoms with Crippen LogP contribution in [0.5, 0.6) is 0 Å². The summed E-state index contributed by atoms with van der Waals surface area (Å²) in [6.45, 7) is 0.660. The molecule has 0 spiro atoms. The number of aryl methyl sites for hydroxylation is 1. The summed E-state index contributed by atoms with van der Waals surface area (Å²) >= 11 is 0. The van der Waals surface area contributed by atoms with Crippen molar-refractivity contribution in [3.63, 3.8) is 0 Å². The first-order chi connectivity index (χ1) is 8.85. The number of hydrogen-bond donors (Lipinski definition) is 1. The molecule has 0 atom stereocenters. The molecular weight excluding hydrogens is 226 g/mol. The van der Waals surface area contributed by atoms with E-state index < -0.39 is 0 Å². The van der Waals surface area contributed by atoms with Gasteiger partial charge in [0, 0.05) is 6.42 Å². The standard InChI is InChI=1S/C14H17N3O/c15-10-4-7-12-16-13(18-17-12)14(8-9-14)11-5-2-1-3-6-11/h1-3,5-6H,4,7-10,15H2. The summed E-state index contributed by atoms with van der Waals surface area (Å²) in [4.78, 5) is 4.52. The minimum absolute atomic E-state index is 0.0186. The zero-order chi connectivity index (χ0) is 12.4. The van der Waals surface area contributed by atoms with Gasteiger partial charge in [0.15, 0.2) is 5.82 Å². The van der Waals surface area contributed by atoms with E-state index in [1.807, 2.05) is 6.07 Å². The molecule has 0 bridgehead atoms. The third kappa shape index (κ3) is 1.93. The average Bonchev–Trinajstić information content (AvgIpc) is 3.10. The van der Waals surface area contributed by atoms with Crippen LogP contribution in [-0.4, -0.2) is 16.7 Å². The topological polar surface area (TPSA) is 64.9 Å². The third-order valence-electron chi connectivity index (χ3n) is 3.56. The normalized spacial score (nSPS) is 16.7. The second kappa shape index (κ2) is 4.53. The Morgan fingerprint density at radius 3 is 2.67 bits per heavy atom. The first-order valence-electron chi connectivity index (χ1n) is 6.44. The molecule has 1 aromatic carbocycles. The summed E-state index contributed by atoms with van der Waals surface area (Å²) in [5.74, 6) is 1.54. The van der Waals surface area contributed by atoms with E-state index >= 15 is 0 Å². The van der Waals surface area contributed by atoms with Crippen molar-refractivity contribution in [2.45, 2.75) is 31.1 Å². The molecule has 18 heavy (non-hydrogen) atoms. The van der Waals surface area contributed by atoms with Crippen molar-refractivity contribution in [1.82, 2.24) is 10.1 Å². The molecule has 1 aliphatic carbocycles. The van der Waals surface area contributed by atoms with Gasteiger partial charge in [-0.05, 0) is 31.4 Å². The lowest BCUT2D eigenvalue weighted by molar-refractivity contribution is 0.355. The number of benzene rings is 1. The van der Waals surface area contributed by atoms with E-state index in [4.69, 9.17) is 10.3 Å². The first kappa shape index (κ1) is 11.4. The lowest BCUT2D eigenvalue weighted by Gasteiger charge is -2.09. The molecule has 0 radical (unpaired) electrons. The molecule has 2 N–H and O–H groups in total. The fourth-order valence-corrected chi connectivity index (χ4v) is 2.32. The highest BCUT2D eigenvalue weighted by atomic mass is 16.5. The van der Waals surface area contributed by atoms with Gasteiger partial charge in [-0.15, -0.1) is 0 Å². The molecule has 0 amide bonds. The summed E-state index contributed by atoms with van der Waals surface area (Å²) < 4.78 is 5.44. The molecule has 0 aliphatic heterocycles. The molecule has 1 fully saturated rings. The first-order valence-corrected chi connectivity index (χ1v) is 6.44. The van der Waals surface area contributed by atoms with Crippen molar-refractivity contribution in [3.8, 4) is 0 Å². The van der Waals surface area contributed by atoms with Gasteiger partial charge in [-0.25, -0.2) is 0 Å². The largest absolute Gasteiger partial charge is 0.338 e. The highest BCUT2D eigenvalue weighted by Crippen LogP contribution is 2.52. The minimum atomic E-state index is -0.0186. The van der Waals surface area contributed by atoms with E-state index in [9.17, 15) is 0 Å². The Bertz CT molecular complexity index is 517. The Morgan fingerprint density at radius 1 is 1.22 bits per heavy atom. The highest BCUT2D eigenvalue weighted by Gasteiger charge is 2.50. The van der Waals surface area contributed by atoms with Gasteiger partial charge < -0.3 is 10.3 Å². The quantitative estimate of drug-likeness (QED) is 0.872. The Hall–Kier alpha value is -1.68. The van der Waals surface area contributed by atoms with Crippen molar-refractivity contribution < 1.29 is 4.52 Å². The number of hydrogen-bond acceptors (Lipinski definition) is 4. The molecule has 1 heterocycles. The van der Waals surface area contributed by atoms with Crippen LogP contribution in [0.15, 0.2) is 34.9 Å². The molecule has 2 aromatic rings. The lowest BCUT2D eigenvalue weighted by atomic mass is 9.96. The number of rotatable bonds is 5. The van der Waals surface area contributed by atoms with E-state index in [1.54, 1.807) is 0 Å². The SMILES string of the molecule is NCCCc1noc(C2(c3ccccc3)CC2)n1. The molecule has 3 rings (SSSR count). The van der Waals surface area contributed by atoms with Gasteiger partial charge in [0.25, 0.3) is 0 Å². The molecule has 4 nitrogen and oxygen atoms in total. The Balaban J connectivity index is 1.84. The number of nitrogens with two attached hydrogens (primary N) is 1. The van der Waals surface area contributed by atoms with Crippen molar-refractivity contribution in [1.29, 1.82) is 0 Å². The van der Waals surface area contributed by atoms with Crippen LogP contribution < -0.4 is 5.73 Å². The average molecular weight is 243 g/mol. The lowest BCUT2D eigenvalue weighted by Crippen LogP contribution is -2.09. The zero-order valence-electron chi connectivity index (χ0n) is 10.3. The Labute approximate surface area is 106 Å². The van der Waals surface area contributed by atoms with Crippen molar-refractivity contribution >= 4 is 0 Å². The molecule has 1 aliphatic rings. The van der Waals surface area contributed by atoms with Gasteiger partial charge in [0.05, 0.1) is 5.41 Å². The van der Waals surface area contributed by atoms with Crippen LogP contribution in [0.1, 0.15) is 36.5 Å².